The molecule has 0 aromatic heterocycles. The molecular formula is C19H20O4. The van der Waals surface area contributed by atoms with Crippen LogP contribution in [-0.2, 0) is 5.41 Å². The molecule has 0 saturated carbocycles. The van der Waals surface area contributed by atoms with E-state index in [1.54, 1.807) is 12.1 Å². The zero-order valence-electron chi connectivity index (χ0n) is 13.5. The Labute approximate surface area is 135 Å². The highest BCUT2D eigenvalue weighted by Crippen LogP contribution is 2.29. The number of carbonyl (C=O) groups is 2. The maximum atomic E-state index is 12.2. The quantitative estimate of drug-likeness (QED) is 0.511. The van der Waals surface area contributed by atoms with Crippen molar-refractivity contribution in [1.82, 2.24) is 0 Å². The molecule has 120 valence electrons. The topological polar surface area (TPSA) is 74.6 Å². The van der Waals surface area contributed by atoms with Gasteiger partial charge >= 0.3 is 0 Å². The molecule has 0 fully saturated rings. The van der Waals surface area contributed by atoms with Crippen LogP contribution in [0.25, 0.3) is 0 Å². The molecular weight excluding hydrogens is 292 g/mol. The number of rotatable bonds is 4. The molecule has 0 amide bonds. The number of phenols is 2. The molecule has 0 heterocycles. The van der Waals surface area contributed by atoms with Crippen LogP contribution in [0.15, 0.2) is 42.5 Å². The SMILES string of the molecule is CC(C)(C)c1ccc(C(=O)CC(=O)c2cccc(O)c2O)cc1. The van der Waals surface area contributed by atoms with E-state index in [0.29, 0.717) is 5.56 Å². The van der Waals surface area contributed by atoms with Gasteiger partial charge in [-0.05, 0) is 23.1 Å². The summed E-state index contributed by atoms with van der Waals surface area (Å²) in [6, 6.07) is 11.3. The number of para-hydroxylation sites is 1. The molecule has 4 nitrogen and oxygen atoms in total. The van der Waals surface area contributed by atoms with Crippen molar-refractivity contribution in [3.8, 4) is 11.5 Å². The Balaban J connectivity index is 2.16. The summed E-state index contributed by atoms with van der Waals surface area (Å²) in [5.41, 5.74) is 1.49. The maximum absolute atomic E-state index is 12.2. The zero-order valence-corrected chi connectivity index (χ0v) is 13.5. The van der Waals surface area contributed by atoms with Gasteiger partial charge in [0, 0.05) is 5.56 Å². The Morgan fingerprint density at radius 1 is 0.913 bits per heavy atom. The normalized spacial score (nSPS) is 11.3. The maximum Gasteiger partial charge on any atom is 0.174 e. The summed E-state index contributed by atoms with van der Waals surface area (Å²) in [5.74, 6) is -1.72. The molecule has 0 aliphatic carbocycles. The Bertz CT molecular complexity index is 737. The summed E-state index contributed by atoms with van der Waals surface area (Å²) in [7, 11) is 0. The molecule has 4 heteroatoms. The van der Waals surface area contributed by atoms with Crippen LogP contribution in [0, 0.1) is 0 Å². The number of hydrogen-bond donors (Lipinski definition) is 2. The van der Waals surface area contributed by atoms with E-state index in [1.807, 2.05) is 12.1 Å². The predicted octanol–water partition coefficient (Wildman–Crippen LogP) is 3.85. The smallest absolute Gasteiger partial charge is 0.174 e. The second kappa shape index (κ2) is 6.24. The van der Waals surface area contributed by atoms with Crippen LogP contribution in [0.2, 0.25) is 0 Å². The van der Waals surface area contributed by atoms with Crippen molar-refractivity contribution in [3.63, 3.8) is 0 Å². The van der Waals surface area contributed by atoms with Crippen LogP contribution in [0.1, 0.15) is 53.5 Å². The van der Waals surface area contributed by atoms with Crippen LogP contribution in [0.3, 0.4) is 0 Å². The third-order valence-corrected chi connectivity index (χ3v) is 3.71. The summed E-state index contributed by atoms with van der Waals surface area (Å²) in [5, 5.41) is 19.1. The van der Waals surface area contributed by atoms with E-state index >= 15 is 0 Å². The highest BCUT2D eigenvalue weighted by atomic mass is 16.3. The summed E-state index contributed by atoms with van der Waals surface area (Å²) >= 11 is 0. The molecule has 0 aliphatic heterocycles. The monoisotopic (exact) mass is 312 g/mol. The molecule has 0 spiro atoms. The van der Waals surface area contributed by atoms with Gasteiger partial charge in [0.05, 0.1) is 12.0 Å². The van der Waals surface area contributed by atoms with Gasteiger partial charge in [0.2, 0.25) is 0 Å². The number of Topliss-reactive ketones (excluding diaryl/α,β-unsaturated/α-hetero) is 2. The van der Waals surface area contributed by atoms with Crippen LogP contribution >= 0.6 is 0 Å². The van der Waals surface area contributed by atoms with E-state index < -0.39 is 11.5 Å². The first-order valence-corrected chi connectivity index (χ1v) is 7.38. The van der Waals surface area contributed by atoms with Gasteiger partial charge in [-0.3, -0.25) is 9.59 Å². The van der Waals surface area contributed by atoms with Crippen LogP contribution in [-0.4, -0.2) is 21.8 Å². The van der Waals surface area contributed by atoms with Crippen molar-refractivity contribution >= 4 is 11.6 Å². The van der Waals surface area contributed by atoms with Crippen molar-refractivity contribution in [2.75, 3.05) is 0 Å². The molecule has 2 rings (SSSR count). The van der Waals surface area contributed by atoms with Gasteiger partial charge in [-0.2, -0.15) is 0 Å². The third kappa shape index (κ3) is 3.77. The second-order valence-corrected chi connectivity index (χ2v) is 6.52. The number of benzene rings is 2. The average Bonchev–Trinajstić information content (AvgIpc) is 2.49. The fourth-order valence-electron chi connectivity index (χ4n) is 2.26. The standard InChI is InChI=1S/C19H20O4/c1-19(2,3)13-9-7-12(8-10-13)16(21)11-17(22)14-5-4-6-15(20)18(14)23/h4-10,20,23H,11H2,1-3H3. The van der Waals surface area contributed by atoms with Crippen LogP contribution in [0.4, 0.5) is 0 Å². The molecule has 0 aliphatic rings. The predicted molar refractivity (Wildman–Crippen MR) is 88.2 cm³/mol. The van der Waals surface area contributed by atoms with E-state index in [0.717, 1.165) is 5.56 Å². The first-order valence-electron chi connectivity index (χ1n) is 7.38. The lowest BCUT2D eigenvalue weighted by molar-refractivity contribution is 0.0892. The lowest BCUT2D eigenvalue weighted by Gasteiger charge is -2.18. The minimum Gasteiger partial charge on any atom is -0.504 e. The van der Waals surface area contributed by atoms with Gasteiger partial charge in [0.1, 0.15) is 0 Å². The van der Waals surface area contributed by atoms with E-state index in [1.165, 1.54) is 18.2 Å². The van der Waals surface area contributed by atoms with E-state index in [2.05, 4.69) is 20.8 Å². The molecule has 0 bridgehead atoms. The molecule has 0 saturated heterocycles. The number of phenolic OH excluding ortho intramolecular Hbond substituents is 2. The molecule has 23 heavy (non-hydrogen) atoms. The first-order chi connectivity index (χ1) is 10.7. The first kappa shape index (κ1) is 16.7. The molecule has 2 aromatic carbocycles. The molecule has 2 N–H and O–H groups in total. The Kier molecular flexibility index (Phi) is 4.55. The van der Waals surface area contributed by atoms with Gasteiger partial charge in [0.25, 0.3) is 0 Å². The van der Waals surface area contributed by atoms with Crippen molar-refractivity contribution in [2.24, 2.45) is 0 Å². The third-order valence-electron chi connectivity index (χ3n) is 3.71. The van der Waals surface area contributed by atoms with Gasteiger partial charge in [-0.15, -0.1) is 0 Å². The Hall–Kier alpha value is -2.62. The number of carbonyl (C=O) groups excluding carboxylic acids is 2. The van der Waals surface area contributed by atoms with Crippen LogP contribution in [0.5, 0.6) is 11.5 Å². The van der Waals surface area contributed by atoms with E-state index in [-0.39, 0.29) is 28.9 Å². The Morgan fingerprint density at radius 3 is 2.09 bits per heavy atom. The summed E-state index contributed by atoms with van der Waals surface area (Å²) in [6.07, 6.45) is -0.355. The van der Waals surface area contributed by atoms with Gasteiger partial charge in [-0.1, -0.05) is 51.1 Å². The van der Waals surface area contributed by atoms with Crippen molar-refractivity contribution < 1.29 is 19.8 Å². The summed E-state index contributed by atoms with van der Waals surface area (Å²) < 4.78 is 0. The average molecular weight is 312 g/mol. The molecule has 0 atom stereocenters. The van der Waals surface area contributed by atoms with Crippen LogP contribution < -0.4 is 0 Å². The van der Waals surface area contributed by atoms with Gasteiger partial charge in [-0.25, -0.2) is 0 Å². The van der Waals surface area contributed by atoms with Crippen molar-refractivity contribution in [2.45, 2.75) is 32.6 Å². The van der Waals surface area contributed by atoms with E-state index in [9.17, 15) is 19.8 Å². The number of hydrogen-bond acceptors (Lipinski definition) is 4. The lowest BCUT2D eigenvalue weighted by Crippen LogP contribution is -2.12. The molecule has 0 radical (unpaired) electrons. The number of ketones is 2. The second-order valence-electron chi connectivity index (χ2n) is 6.52. The van der Waals surface area contributed by atoms with Crippen molar-refractivity contribution in [1.29, 1.82) is 0 Å². The molecule has 2 aromatic rings. The highest BCUT2D eigenvalue weighted by molar-refractivity contribution is 6.14. The number of aromatic hydroxyl groups is 2. The molecule has 0 unspecified atom stereocenters. The van der Waals surface area contributed by atoms with E-state index in [4.69, 9.17) is 0 Å². The summed E-state index contributed by atoms with van der Waals surface area (Å²) in [4.78, 5) is 24.4. The highest BCUT2D eigenvalue weighted by Gasteiger charge is 2.19. The van der Waals surface area contributed by atoms with Gasteiger partial charge in [0.15, 0.2) is 23.1 Å². The minimum absolute atomic E-state index is 0.00917. The fraction of sp³-hybridized carbons (Fsp3) is 0.263. The zero-order chi connectivity index (χ0) is 17.2. The lowest BCUT2D eigenvalue weighted by atomic mass is 9.86. The summed E-state index contributed by atoms with van der Waals surface area (Å²) in [6.45, 7) is 6.24. The van der Waals surface area contributed by atoms with Crippen molar-refractivity contribution in [3.05, 3.63) is 59.2 Å². The largest absolute Gasteiger partial charge is 0.504 e. The Morgan fingerprint density at radius 2 is 1.52 bits per heavy atom. The fourth-order valence-corrected chi connectivity index (χ4v) is 2.26. The minimum atomic E-state index is -0.525. The van der Waals surface area contributed by atoms with Gasteiger partial charge < -0.3 is 10.2 Å².